The van der Waals surface area contributed by atoms with Gasteiger partial charge in [-0.2, -0.15) is 0 Å². The average Bonchev–Trinajstić information content (AvgIpc) is 2.20. The van der Waals surface area contributed by atoms with E-state index in [-0.39, 0.29) is 0 Å². The van der Waals surface area contributed by atoms with Gasteiger partial charge in [-0.3, -0.25) is 0 Å². The Hall–Kier alpha value is -0.0800. The Bertz CT molecular complexity index is 170. The average molecular weight is 212 g/mol. The van der Waals surface area contributed by atoms with E-state index in [2.05, 4.69) is 26.1 Å². The normalized spacial score (nSPS) is 23.2. The highest BCUT2D eigenvalue weighted by atomic mass is 14.9. The van der Waals surface area contributed by atoms with Gasteiger partial charge in [0.05, 0.1) is 0 Å². The van der Waals surface area contributed by atoms with E-state index in [0.717, 1.165) is 6.54 Å². The third-order valence-corrected chi connectivity index (χ3v) is 4.42. The van der Waals surface area contributed by atoms with Gasteiger partial charge in [0.15, 0.2) is 0 Å². The summed E-state index contributed by atoms with van der Waals surface area (Å²) >= 11 is 0. The van der Waals surface area contributed by atoms with Crippen LogP contribution in [0.15, 0.2) is 0 Å². The molecule has 1 aliphatic rings. The van der Waals surface area contributed by atoms with Gasteiger partial charge in [0.25, 0.3) is 0 Å². The van der Waals surface area contributed by atoms with Crippen LogP contribution >= 0.6 is 0 Å². The Balaban J connectivity index is 2.15. The van der Waals surface area contributed by atoms with Gasteiger partial charge >= 0.3 is 0 Å². The van der Waals surface area contributed by atoms with Crippen molar-refractivity contribution in [1.82, 2.24) is 5.32 Å². The lowest BCUT2D eigenvalue weighted by Crippen LogP contribution is -2.45. The summed E-state index contributed by atoms with van der Waals surface area (Å²) in [6, 6.07) is 0.323. The van der Waals surface area contributed by atoms with E-state index < -0.39 is 0 Å². The van der Waals surface area contributed by atoms with E-state index in [0.29, 0.717) is 17.4 Å². The molecule has 3 N–H and O–H groups in total. The molecule has 1 rings (SSSR count). The van der Waals surface area contributed by atoms with Crippen molar-refractivity contribution in [2.24, 2.45) is 17.1 Å². The van der Waals surface area contributed by atoms with Crippen LogP contribution in [0.3, 0.4) is 0 Å². The minimum Gasteiger partial charge on any atom is -0.326 e. The molecule has 0 amide bonds. The number of hydrogen-bond acceptors (Lipinski definition) is 2. The lowest BCUT2D eigenvalue weighted by Gasteiger charge is -2.42. The highest BCUT2D eigenvalue weighted by molar-refractivity contribution is 4.88. The van der Waals surface area contributed by atoms with Gasteiger partial charge in [0, 0.05) is 19.1 Å². The molecule has 2 atom stereocenters. The van der Waals surface area contributed by atoms with Gasteiger partial charge in [-0.1, -0.05) is 33.6 Å². The van der Waals surface area contributed by atoms with Crippen LogP contribution in [-0.2, 0) is 0 Å². The second kappa shape index (κ2) is 5.86. The minimum absolute atomic E-state index is 0.323. The Morgan fingerprint density at radius 1 is 1.33 bits per heavy atom. The van der Waals surface area contributed by atoms with Crippen molar-refractivity contribution >= 4 is 0 Å². The molecule has 15 heavy (non-hydrogen) atoms. The van der Waals surface area contributed by atoms with Crippen molar-refractivity contribution in [3.8, 4) is 0 Å². The molecule has 0 aromatic heterocycles. The van der Waals surface area contributed by atoms with Gasteiger partial charge in [0.2, 0.25) is 0 Å². The summed E-state index contributed by atoms with van der Waals surface area (Å²) < 4.78 is 0. The number of hydrogen-bond donors (Lipinski definition) is 2. The molecule has 2 nitrogen and oxygen atoms in total. The summed E-state index contributed by atoms with van der Waals surface area (Å²) in [7, 11) is 0. The molecular weight excluding hydrogens is 184 g/mol. The third-order valence-electron chi connectivity index (χ3n) is 4.42. The highest BCUT2D eigenvalue weighted by Gasteiger charge is 2.34. The van der Waals surface area contributed by atoms with Crippen LogP contribution in [0.25, 0.3) is 0 Å². The Morgan fingerprint density at radius 3 is 2.40 bits per heavy atom. The Morgan fingerprint density at radius 2 is 2.00 bits per heavy atom. The van der Waals surface area contributed by atoms with Crippen LogP contribution in [0.1, 0.15) is 52.9 Å². The highest BCUT2D eigenvalue weighted by Crippen LogP contribution is 2.42. The quantitative estimate of drug-likeness (QED) is 0.680. The standard InChI is InChI=1S/C13H28N2/c1-4-11(3)12(14)9-15-10-13(5-2)7-6-8-13/h11-12,15H,4-10,14H2,1-3H3. The molecule has 1 fully saturated rings. The number of nitrogens with two attached hydrogens (primary N) is 1. The lowest BCUT2D eigenvalue weighted by atomic mass is 9.67. The van der Waals surface area contributed by atoms with Crippen molar-refractivity contribution in [3.05, 3.63) is 0 Å². The van der Waals surface area contributed by atoms with Gasteiger partial charge in [0.1, 0.15) is 0 Å². The summed E-state index contributed by atoms with van der Waals surface area (Å²) in [5.74, 6) is 0.636. The summed E-state index contributed by atoms with van der Waals surface area (Å²) in [6.07, 6.45) is 6.75. The third kappa shape index (κ3) is 3.46. The SMILES string of the molecule is CCC(C)C(N)CNCC1(CC)CCC1. The molecular formula is C13H28N2. The van der Waals surface area contributed by atoms with Gasteiger partial charge < -0.3 is 11.1 Å². The van der Waals surface area contributed by atoms with Crippen molar-refractivity contribution in [2.75, 3.05) is 13.1 Å². The maximum atomic E-state index is 6.10. The molecule has 1 saturated carbocycles. The van der Waals surface area contributed by atoms with Crippen molar-refractivity contribution in [1.29, 1.82) is 0 Å². The molecule has 2 heteroatoms. The summed E-state index contributed by atoms with van der Waals surface area (Å²) in [5.41, 5.74) is 6.72. The van der Waals surface area contributed by atoms with Crippen LogP contribution < -0.4 is 11.1 Å². The van der Waals surface area contributed by atoms with Crippen LogP contribution in [0.5, 0.6) is 0 Å². The molecule has 0 aromatic carbocycles. The van der Waals surface area contributed by atoms with Crippen molar-refractivity contribution in [2.45, 2.75) is 58.9 Å². The minimum atomic E-state index is 0.323. The summed E-state index contributed by atoms with van der Waals surface area (Å²) in [4.78, 5) is 0. The van der Waals surface area contributed by atoms with E-state index in [9.17, 15) is 0 Å². The second-order valence-electron chi connectivity index (χ2n) is 5.39. The van der Waals surface area contributed by atoms with Crippen molar-refractivity contribution in [3.63, 3.8) is 0 Å². The van der Waals surface area contributed by atoms with Crippen LogP contribution in [-0.4, -0.2) is 19.1 Å². The fourth-order valence-electron chi connectivity index (χ4n) is 2.34. The molecule has 2 unspecified atom stereocenters. The van der Waals surface area contributed by atoms with Gasteiger partial charge in [-0.15, -0.1) is 0 Å². The molecule has 0 bridgehead atoms. The van der Waals surface area contributed by atoms with Crippen molar-refractivity contribution < 1.29 is 0 Å². The Labute approximate surface area is 95.0 Å². The van der Waals surface area contributed by atoms with E-state index >= 15 is 0 Å². The number of rotatable bonds is 7. The maximum absolute atomic E-state index is 6.10. The van der Waals surface area contributed by atoms with Crippen LogP contribution in [0.2, 0.25) is 0 Å². The van der Waals surface area contributed by atoms with E-state index in [1.807, 2.05) is 0 Å². The smallest absolute Gasteiger partial charge is 0.0191 e. The Kier molecular flexibility index (Phi) is 5.07. The fraction of sp³-hybridized carbons (Fsp3) is 1.00. The molecule has 90 valence electrons. The maximum Gasteiger partial charge on any atom is 0.0191 e. The first-order valence-electron chi connectivity index (χ1n) is 6.60. The molecule has 0 saturated heterocycles. The second-order valence-corrected chi connectivity index (χ2v) is 5.39. The van der Waals surface area contributed by atoms with Crippen LogP contribution in [0, 0.1) is 11.3 Å². The summed E-state index contributed by atoms with van der Waals surface area (Å²) in [6.45, 7) is 8.93. The van der Waals surface area contributed by atoms with Gasteiger partial charge in [-0.25, -0.2) is 0 Å². The largest absolute Gasteiger partial charge is 0.326 e. The van der Waals surface area contributed by atoms with E-state index in [1.165, 1.54) is 38.6 Å². The summed E-state index contributed by atoms with van der Waals surface area (Å²) in [5, 5.41) is 3.57. The monoisotopic (exact) mass is 212 g/mol. The van der Waals surface area contributed by atoms with E-state index in [4.69, 9.17) is 5.73 Å². The topological polar surface area (TPSA) is 38.0 Å². The fourth-order valence-corrected chi connectivity index (χ4v) is 2.34. The predicted octanol–water partition coefficient (Wildman–Crippen LogP) is 2.53. The number of nitrogens with one attached hydrogen (secondary N) is 1. The van der Waals surface area contributed by atoms with E-state index in [1.54, 1.807) is 0 Å². The molecule has 0 spiro atoms. The first kappa shape index (κ1) is 13.0. The molecule has 1 aliphatic carbocycles. The first-order chi connectivity index (χ1) is 7.13. The first-order valence-corrected chi connectivity index (χ1v) is 6.60. The molecule has 0 aromatic rings. The van der Waals surface area contributed by atoms with Crippen LogP contribution in [0.4, 0.5) is 0 Å². The molecule has 0 heterocycles. The zero-order valence-corrected chi connectivity index (χ0v) is 10.7. The predicted molar refractivity (Wildman–Crippen MR) is 66.9 cm³/mol. The zero-order valence-electron chi connectivity index (χ0n) is 10.7. The lowest BCUT2D eigenvalue weighted by molar-refractivity contribution is 0.123. The molecule has 0 radical (unpaired) electrons. The zero-order chi connectivity index (χ0) is 11.3. The van der Waals surface area contributed by atoms with Gasteiger partial charge in [-0.05, 0) is 30.6 Å². The molecule has 0 aliphatic heterocycles.